The predicted molar refractivity (Wildman–Crippen MR) is 77.8 cm³/mol. The summed E-state index contributed by atoms with van der Waals surface area (Å²) < 4.78 is 2.78. The van der Waals surface area contributed by atoms with Crippen LogP contribution in [0.5, 0.6) is 0 Å². The van der Waals surface area contributed by atoms with E-state index in [0.717, 1.165) is 28.4 Å². The van der Waals surface area contributed by atoms with Crippen LogP contribution in [0.15, 0.2) is 23.2 Å². The Bertz CT molecular complexity index is 521. The van der Waals surface area contributed by atoms with Crippen LogP contribution in [0, 0.1) is 5.92 Å². The first-order chi connectivity index (χ1) is 8.56. The molecule has 0 fully saturated rings. The average molecular weight is 311 g/mol. The molecule has 2 rings (SSSR count). The van der Waals surface area contributed by atoms with Gasteiger partial charge in [-0.1, -0.05) is 13.8 Å². The first-order valence-corrected chi connectivity index (χ1v) is 7.11. The van der Waals surface area contributed by atoms with Crippen molar-refractivity contribution in [3.63, 3.8) is 0 Å². The van der Waals surface area contributed by atoms with E-state index in [-0.39, 0.29) is 0 Å². The molecule has 4 nitrogen and oxygen atoms in total. The molecule has 98 valence electrons. The van der Waals surface area contributed by atoms with Crippen LogP contribution in [0.25, 0.3) is 5.65 Å². The van der Waals surface area contributed by atoms with Gasteiger partial charge in [0.25, 0.3) is 0 Å². The number of rotatable bonds is 5. The summed E-state index contributed by atoms with van der Waals surface area (Å²) in [7, 11) is 0. The third-order valence-corrected chi connectivity index (χ3v) is 3.29. The molecule has 0 aliphatic carbocycles. The van der Waals surface area contributed by atoms with E-state index in [4.69, 9.17) is 0 Å². The lowest BCUT2D eigenvalue weighted by atomic mass is 10.0. The van der Waals surface area contributed by atoms with Crippen LogP contribution in [0.2, 0.25) is 0 Å². The Hall–Kier alpha value is -1.10. The highest BCUT2D eigenvalue weighted by molar-refractivity contribution is 9.10. The quantitative estimate of drug-likeness (QED) is 0.915. The first-order valence-electron chi connectivity index (χ1n) is 6.32. The van der Waals surface area contributed by atoms with Crippen molar-refractivity contribution in [2.45, 2.75) is 39.7 Å². The lowest BCUT2D eigenvalue weighted by Gasteiger charge is -2.16. The summed E-state index contributed by atoms with van der Waals surface area (Å²) in [4.78, 5) is 8.79. The molecule has 0 aliphatic rings. The molecule has 1 N–H and O–H groups in total. The molecule has 1 unspecified atom stereocenters. The number of fused-ring (bicyclic) bond motifs is 1. The predicted octanol–water partition coefficient (Wildman–Crippen LogP) is 3.73. The highest BCUT2D eigenvalue weighted by Crippen LogP contribution is 2.19. The van der Waals surface area contributed by atoms with E-state index in [1.807, 2.05) is 16.8 Å². The van der Waals surface area contributed by atoms with Gasteiger partial charge in [-0.3, -0.25) is 0 Å². The van der Waals surface area contributed by atoms with Gasteiger partial charge >= 0.3 is 0 Å². The minimum atomic E-state index is 0.398. The smallest absolute Gasteiger partial charge is 0.180 e. The highest BCUT2D eigenvalue weighted by atomic mass is 79.9. The summed E-state index contributed by atoms with van der Waals surface area (Å²) in [6.45, 7) is 6.68. The lowest BCUT2D eigenvalue weighted by Crippen LogP contribution is -2.17. The van der Waals surface area contributed by atoms with E-state index in [0.29, 0.717) is 6.04 Å². The van der Waals surface area contributed by atoms with Gasteiger partial charge in [-0.25, -0.2) is 9.97 Å². The second kappa shape index (κ2) is 5.69. The van der Waals surface area contributed by atoms with E-state index >= 15 is 0 Å². The van der Waals surface area contributed by atoms with E-state index < -0.39 is 0 Å². The number of hydrogen-bond donors (Lipinski definition) is 1. The molecule has 5 heteroatoms. The Labute approximate surface area is 116 Å². The molecule has 0 bridgehead atoms. The zero-order valence-corrected chi connectivity index (χ0v) is 12.6. The average Bonchev–Trinajstić information content (AvgIpc) is 2.74. The SMILES string of the molecule is CC(C)CCC(C)Nc1nc(Br)cn2ccnc12. The maximum Gasteiger partial charge on any atom is 0.180 e. The molecule has 0 radical (unpaired) electrons. The van der Waals surface area contributed by atoms with Gasteiger partial charge in [0.15, 0.2) is 11.5 Å². The molecule has 0 aliphatic heterocycles. The third kappa shape index (κ3) is 3.22. The number of imidazole rings is 1. The van der Waals surface area contributed by atoms with Crippen LogP contribution >= 0.6 is 15.9 Å². The standard InChI is InChI=1S/C13H19BrN4/c1-9(2)4-5-10(3)16-12-13-15-6-7-18(13)8-11(14)17-12/h6-10H,4-5H2,1-3H3,(H,16,17). The molecule has 0 saturated carbocycles. The molecule has 0 aromatic carbocycles. The third-order valence-electron chi connectivity index (χ3n) is 2.90. The summed E-state index contributed by atoms with van der Waals surface area (Å²) in [5.74, 6) is 1.57. The van der Waals surface area contributed by atoms with E-state index in [9.17, 15) is 0 Å². The summed E-state index contributed by atoms with van der Waals surface area (Å²) >= 11 is 3.42. The second-order valence-electron chi connectivity index (χ2n) is 5.09. The van der Waals surface area contributed by atoms with E-state index in [1.54, 1.807) is 6.20 Å². The topological polar surface area (TPSA) is 42.2 Å². The van der Waals surface area contributed by atoms with Gasteiger partial charge < -0.3 is 9.72 Å². The zero-order valence-electron chi connectivity index (χ0n) is 11.0. The second-order valence-corrected chi connectivity index (χ2v) is 5.90. The molecule has 2 aromatic heterocycles. The Morgan fingerprint density at radius 2 is 2.11 bits per heavy atom. The maximum atomic E-state index is 4.46. The molecule has 1 atom stereocenters. The van der Waals surface area contributed by atoms with Gasteiger partial charge in [0.2, 0.25) is 0 Å². The zero-order chi connectivity index (χ0) is 13.1. The van der Waals surface area contributed by atoms with Crippen molar-refractivity contribution >= 4 is 27.4 Å². The molecule has 18 heavy (non-hydrogen) atoms. The molecule has 2 aromatic rings. The monoisotopic (exact) mass is 310 g/mol. The summed E-state index contributed by atoms with van der Waals surface area (Å²) in [6.07, 6.45) is 7.97. The van der Waals surface area contributed by atoms with Crippen molar-refractivity contribution in [2.24, 2.45) is 5.92 Å². The van der Waals surface area contributed by atoms with Crippen LogP contribution in [0.3, 0.4) is 0 Å². The number of nitrogens with one attached hydrogen (secondary N) is 1. The number of halogens is 1. The normalized spacial score (nSPS) is 13.2. The Balaban J connectivity index is 2.13. The fourth-order valence-electron chi connectivity index (χ4n) is 1.89. The summed E-state index contributed by atoms with van der Waals surface area (Å²) in [5.41, 5.74) is 0.870. The summed E-state index contributed by atoms with van der Waals surface area (Å²) in [5, 5.41) is 3.44. The molecular weight excluding hydrogens is 292 g/mol. The maximum absolute atomic E-state index is 4.46. The van der Waals surface area contributed by atoms with Crippen LogP contribution in [-0.2, 0) is 0 Å². The van der Waals surface area contributed by atoms with Gasteiger partial charge in [-0.15, -0.1) is 0 Å². The Kier molecular flexibility index (Phi) is 4.22. The van der Waals surface area contributed by atoms with Crippen LogP contribution in [0.4, 0.5) is 5.82 Å². The lowest BCUT2D eigenvalue weighted by molar-refractivity contribution is 0.527. The Morgan fingerprint density at radius 3 is 2.83 bits per heavy atom. The van der Waals surface area contributed by atoms with Crippen LogP contribution in [-0.4, -0.2) is 20.4 Å². The Morgan fingerprint density at radius 1 is 1.33 bits per heavy atom. The van der Waals surface area contributed by atoms with Crippen molar-refractivity contribution in [2.75, 3.05) is 5.32 Å². The first kappa shape index (κ1) is 13.3. The van der Waals surface area contributed by atoms with Crippen molar-refractivity contribution < 1.29 is 0 Å². The minimum absolute atomic E-state index is 0.398. The largest absolute Gasteiger partial charge is 0.364 e. The van der Waals surface area contributed by atoms with E-state index in [1.165, 1.54) is 6.42 Å². The van der Waals surface area contributed by atoms with Crippen LogP contribution < -0.4 is 5.32 Å². The van der Waals surface area contributed by atoms with Gasteiger partial charge in [0, 0.05) is 24.6 Å². The van der Waals surface area contributed by atoms with Gasteiger partial charge in [0.05, 0.1) is 0 Å². The molecule has 0 amide bonds. The fourth-order valence-corrected chi connectivity index (χ4v) is 2.28. The number of aromatic nitrogens is 3. The number of nitrogens with zero attached hydrogens (tertiary/aromatic N) is 3. The minimum Gasteiger partial charge on any atom is -0.364 e. The number of hydrogen-bond acceptors (Lipinski definition) is 3. The van der Waals surface area contributed by atoms with Gasteiger partial charge in [-0.2, -0.15) is 0 Å². The summed E-state index contributed by atoms with van der Waals surface area (Å²) in [6, 6.07) is 0.398. The van der Waals surface area contributed by atoms with Crippen molar-refractivity contribution in [1.82, 2.24) is 14.4 Å². The van der Waals surface area contributed by atoms with Gasteiger partial charge in [0.1, 0.15) is 4.60 Å². The molecule has 0 spiro atoms. The number of anilines is 1. The molecule has 2 heterocycles. The van der Waals surface area contributed by atoms with E-state index in [2.05, 4.69) is 52.0 Å². The highest BCUT2D eigenvalue weighted by Gasteiger charge is 2.10. The fraction of sp³-hybridized carbons (Fsp3) is 0.538. The molecular formula is C13H19BrN4. The van der Waals surface area contributed by atoms with Crippen molar-refractivity contribution in [1.29, 1.82) is 0 Å². The van der Waals surface area contributed by atoms with Crippen molar-refractivity contribution in [3.05, 3.63) is 23.2 Å². The molecule has 0 saturated heterocycles. The van der Waals surface area contributed by atoms with Crippen LogP contribution in [0.1, 0.15) is 33.6 Å². The van der Waals surface area contributed by atoms with Crippen molar-refractivity contribution in [3.8, 4) is 0 Å². The van der Waals surface area contributed by atoms with Gasteiger partial charge in [-0.05, 0) is 41.6 Å².